The predicted octanol–water partition coefficient (Wildman–Crippen LogP) is 5.67. The number of benzene rings is 1. The number of Topliss-reactive ketones (excluding diaryl/α,β-unsaturated/α-hetero) is 1. The first-order valence-electron chi connectivity index (χ1n) is 6.42. The molecule has 0 saturated heterocycles. The molecule has 0 aliphatic rings. The van der Waals surface area contributed by atoms with E-state index in [4.69, 9.17) is 23.2 Å². The van der Waals surface area contributed by atoms with Crippen LogP contribution in [0.25, 0.3) is 0 Å². The Morgan fingerprint density at radius 1 is 1.19 bits per heavy atom. The van der Waals surface area contributed by atoms with Crippen molar-refractivity contribution in [1.82, 2.24) is 0 Å². The Morgan fingerprint density at radius 3 is 2.19 bits per heavy atom. The van der Waals surface area contributed by atoms with Crippen LogP contribution < -0.4 is 0 Å². The van der Waals surface area contributed by atoms with Gasteiger partial charge in [-0.15, -0.1) is 11.3 Å². The Balaban J connectivity index is 2.33. The Labute approximate surface area is 137 Å². The first-order chi connectivity index (χ1) is 9.93. The number of ketones is 1. The number of rotatable bonds is 4. The number of carbonyl (C=O) groups is 1. The topological polar surface area (TPSA) is 40.9 Å². The van der Waals surface area contributed by atoms with Crippen LogP contribution in [0.4, 0.5) is 0 Å². The molecule has 0 aliphatic carbocycles. The van der Waals surface area contributed by atoms with E-state index in [0.29, 0.717) is 25.7 Å². The highest BCUT2D eigenvalue weighted by molar-refractivity contribution is 7.20. The Hall–Kier alpha value is -1.34. The molecular formula is C16H13Cl2NOS. The minimum absolute atomic E-state index is 0.311. The van der Waals surface area contributed by atoms with E-state index in [1.165, 1.54) is 11.6 Å². The second-order valence-electron chi connectivity index (χ2n) is 4.99. The van der Waals surface area contributed by atoms with Gasteiger partial charge in [0.05, 0.1) is 16.0 Å². The van der Waals surface area contributed by atoms with Crippen LogP contribution in [0.1, 0.15) is 47.2 Å². The molecule has 5 heteroatoms. The van der Waals surface area contributed by atoms with Crippen molar-refractivity contribution in [1.29, 1.82) is 5.26 Å². The highest BCUT2D eigenvalue weighted by atomic mass is 35.5. The van der Waals surface area contributed by atoms with E-state index in [1.54, 1.807) is 0 Å². The summed E-state index contributed by atoms with van der Waals surface area (Å²) < 4.78 is 0.763. The van der Waals surface area contributed by atoms with E-state index >= 15 is 0 Å². The van der Waals surface area contributed by atoms with Gasteiger partial charge in [0, 0.05) is 0 Å². The highest BCUT2D eigenvalue weighted by Crippen LogP contribution is 2.34. The van der Waals surface area contributed by atoms with Gasteiger partial charge in [-0.1, -0.05) is 61.3 Å². The molecule has 2 aromatic rings. The Kier molecular flexibility index (Phi) is 5.05. The van der Waals surface area contributed by atoms with Crippen LogP contribution in [0.2, 0.25) is 8.67 Å². The van der Waals surface area contributed by atoms with E-state index in [9.17, 15) is 10.1 Å². The van der Waals surface area contributed by atoms with E-state index in [0.717, 1.165) is 11.3 Å². The lowest BCUT2D eigenvalue weighted by Gasteiger charge is -2.10. The molecule has 1 aromatic carbocycles. The fourth-order valence-corrected chi connectivity index (χ4v) is 3.50. The molecule has 1 heterocycles. The van der Waals surface area contributed by atoms with Crippen molar-refractivity contribution in [3.63, 3.8) is 0 Å². The van der Waals surface area contributed by atoms with Crippen molar-refractivity contribution in [3.8, 4) is 6.07 Å². The van der Waals surface area contributed by atoms with Crippen LogP contribution >= 0.6 is 34.5 Å². The van der Waals surface area contributed by atoms with Crippen LogP contribution in [0, 0.1) is 11.3 Å². The van der Waals surface area contributed by atoms with Gasteiger partial charge in [-0.05, 0) is 23.1 Å². The molecular weight excluding hydrogens is 325 g/mol. The van der Waals surface area contributed by atoms with Crippen molar-refractivity contribution in [2.75, 3.05) is 0 Å². The summed E-state index contributed by atoms with van der Waals surface area (Å²) in [6.07, 6.45) is 0. The molecule has 2 rings (SSSR count). The van der Waals surface area contributed by atoms with Crippen molar-refractivity contribution in [2.24, 2.45) is 0 Å². The standard InChI is InChI=1S/C16H13Cl2NOS/c1-9(2)10-3-5-11(6-4-10)13(8-19)15(20)12-7-14(17)21-16(12)18/h3-7,9,13H,1-2H3. The maximum Gasteiger partial charge on any atom is 0.186 e. The van der Waals surface area contributed by atoms with Gasteiger partial charge in [-0.2, -0.15) is 5.26 Å². The van der Waals surface area contributed by atoms with Gasteiger partial charge >= 0.3 is 0 Å². The number of hydrogen-bond donors (Lipinski definition) is 0. The number of nitrogens with zero attached hydrogens (tertiary/aromatic N) is 1. The molecule has 0 amide bonds. The van der Waals surface area contributed by atoms with Gasteiger partial charge in [-0.25, -0.2) is 0 Å². The summed E-state index contributed by atoms with van der Waals surface area (Å²) in [7, 11) is 0. The number of halogens is 2. The second kappa shape index (κ2) is 6.62. The summed E-state index contributed by atoms with van der Waals surface area (Å²) in [5.41, 5.74) is 2.15. The van der Waals surface area contributed by atoms with Gasteiger partial charge < -0.3 is 0 Å². The van der Waals surface area contributed by atoms with Gasteiger partial charge in [0.2, 0.25) is 0 Å². The lowest BCUT2D eigenvalue weighted by atomic mass is 9.91. The van der Waals surface area contributed by atoms with Crippen molar-refractivity contribution < 1.29 is 4.79 Å². The average Bonchev–Trinajstić information content (AvgIpc) is 2.79. The minimum Gasteiger partial charge on any atom is -0.292 e. The summed E-state index contributed by atoms with van der Waals surface area (Å²) >= 11 is 13.0. The quantitative estimate of drug-likeness (QED) is 0.674. The molecule has 1 unspecified atom stereocenters. The molecule has 21 heavy (non-hydrogen) atoms. The minimum atomic E-state index is -0.866. The van der Waals surface area contributed by atoms with Crippen LogP contribution in [-0.2, 0) is 0 Å². The molecule has 0 fully saturated rings. The van der Waals surface area contributed by atoms with E-state index in [-0.39, 0.29) is 5.78 Å². The summed E-state index contributed by atoms with van der Waals surface area (Å²) in [5, 5.41) is 9.34. The van der Waals surface area contributed by atoms with Gasteiger partial charge in [0.1, 0.15) is 10.3 Å². The summed E-state index contributed by atoms with van der Waals surface area (Å²) in [6, 6.07) is 11.1. The van der Waals surface area contributed by atoms with E-state index in [2.05, 4.69) is 19.9 Å². The zero-order valence-electron chi connectivity index (χ0n) is 11.6. The van der Waals surface area contributed by atoms with Crippen molar-refractivity contribution >= 4 is 40.3 Å². The molecule has 0 spiro atoms. The first-order valence-corrected chi connectivity index (χ1v) is 7.99. The van der Waals surface area contributed by atoms with Crippen LogP contribution in [0.3, 0.4) is 0 Å². The molecule has 0 radical (unpaired) electrons. The molecule has 1 atom stereocenters. The summed E-state index contributed by atoms with van der Waals surface area (Å²) in [4.78, 5) is 12.5. The first kappa shape index (κ1) is 16.0. The molecule has 2 nitrogen and oxygen atoms in total. The normalized spacial score (nSPS) is 12.2. The van der Waals surface area contributed by atoms with Crippen LogP contribution in [0.5, 0.6) is 0 Å². The number of carbonyl (C=O) groups excluding carboxylic acids is 1. The number of nitriles is 1. The SMILES string of the molecule is CC(C)c1ccc(C(C#N)C(=O)c2cc(Cl)sc2Cl)cc1. The van der Waals surface area contributed by atoms with Gasteiger partial charge in [-0.3, -0.25) is 4.79 Å². The fourth-order valence-electron chi connectivity index (χ4n) is 2.02. The average molecular weight is 338 g/mol. The third-order valence-electron chi connectivity index (χ3n) is 3.25. The number of hydrogen-bond acceptors (Lipinski definition) is 3. The zero-order chi connectivity index (χ0) is 15.6. The monoisotopic (exact) mass is 337 g/mol. The van der Waals surface area contributed by atoms with Crippen LogP contribution in [-0.4, -0.2) is 5.78 Å². The molecule has 1 aromatic heterocycles. The third kappa shape index (κ3) is 3.47. The van der Waals surface area contributed by atoms with Crippen molar-refractivity contribution in [2.45, 2.75) is 25.7 Å². The zero-order valence-corrected chi connectivity index (χ0v) is 13.9. The van der Waals surface area contributed by atoms with E-state index in [1.807, 2.05) is 24.3 Å². The molecule has 0 saturated carbocycles. The Bertz CT molecular complexity index is 698. The lowest BCUT2D eigenvalue weighted by molar-refractivity contribution is 0.0979. The maximum atomic E-state index is 12.5. The molecule has 0 bridgehead atoms. The smallest absolute Gasteiger partial charge is 0.186 e. The maximum absolute atomic E-state index is 12.5. The summed E-state index contributed by atoms with van der Waals surface area (Å²) in [5.74, 6) is -0.780. The largest absolute Gasteiger partial charge is 0.292 e. The third-order valence-corrected chi connectivity index (χ3v) is 4.74. The molecule has 108 valence electrons. The second-order valence-corrected chi connectivity index (χ2v) is 7.27. The van der Waals surface area contributed by atoms with Gasteiger partial charge in [0.25, 0.3) is 0 Å². The fraction of sp³-hybridized carbons (Fsp3) is 0.250. The lowest BCUT2D eigenvalue weighted by Crippen LogP contribution is -2.11. The number of thiophene rings is 1. The molecule has 0 N–H and O–H groups in total. The van der Waals surface area contributed by atoms with E-state index < -0.39 is 5.92 Å². The highest BCUT2D eigenvalue weighted by Gasteiger charge is 2.25. The molecule has 0 aliphatic heterocycles. The summed E-state index contributed by atoms with van der Waals surface area (Å²) in [6.45, 7) is 4.18. The van der Waals surface area contributed by atoms with Crippen molar-refractivity contribution in [3.05, 3.63) is 55.7 Å². The van der Waals surface area contributed by atoms with Crippen LogP contribution in [0.15, 0.2) is 30.3 Å². The Morgan fingerprint density at radius 2 is 1.76 bits per heavy atom. The predicted molar refractivity (Wildman–Crippen MR) is 87.6 cm³/mol. The van der Waals surface area contributed by atoms with Gasteiger partial charge in [0.15, 0.2) is 5.78 Å².